The maximum atomic E-state index is 14.0. The van der Waals surface area contributed by atoms with E-state index in [1.54, 1.807) is 6.20 Å². The Morgan fingerprint density at radius 1 is 0.792 bits per heavy atom. The molecule has 2 aromatic carbocycles. The average molecular weight is 316 g/mol. The Morgan fingerprint density at radius 2 is 1.58 bits per heavy atom. The van der Waals surface area contributed by atoms with Gasteiger partial charge in [-0.15, -0.1) is 0 Å². The van der Waals surface area contributed by atoms with Crippen LogP contribution in [-0.2, 0) is 0 Å². The SMILES string of the molecule is Nc1nc(-c2ccccc2)c(-c2ccc3ncccc3c2)nc1F. The van der Waals surface area contributed by atoms with Gasteiger partial charge in [-0.05, 0) is 18.2 Å². The van der Waals surface area contributed by atoms with Gasteiger partial charge in [0.2, 0.25) is 0 Å². The Balaban J connectivity index is 1.97. The van der Waals surface area contributed by atoms with E-state index >= 15 is 0 Å². The molecule has 0 saturated carbocycles. The van der Waals surface area contributed by atoms with Crippen LogP contribution in [0.5, 0.6) is 0 Å². The quantitative estimate of drug-likeness (QED) is 0.605. The number of fused-ring (bicyclic) bond motifs is 1. The predicted octanol–water partition coefficient (Wildman–Crippen LogP) is 4.08. The number of nitrogens with zero attached hydrogens (tertiary/aromatic N) is 3. The third-order valence-corrected chi connectivity index (χ3v) is 3.80. The fourth-order valence-electron chi connectivity index (χ4n) is 2.65. The van der Waals surface area contributed by atoms with Crippen molar-refractivity contribution in [3.05, 3.63) is 72.8 Å². The molecule has 0 aliphatic rings. The molecule has 0 atom stereocenters. The summed E-state index contributed by atoms with van der Waals surface area (Å²) in [6.45, 7) is 0. The molecule has 0 fully saturated rings. The van der Waals surface area contributed by atoms with Crippen LogP contribution in [-0.4, -0.2) is 15.0 Å². The normalized spacial score (nSPS) is 10.9. The van der Waals surface area contributed by atoms with E-state index in [2.05, 4.69) is 15.0 Å². The molecule has 2 aromatic heterocycles. The van der Waals surface area contributed by atoms with Crippen molar-refractivity contribution < 1.29 is 4.39 Å². The van der Waals surface area contributed by atoms with Crippen molar-refractivity contribution in [2.45, 2.75) is 0 Å². The molecule has 4 aromatic rings. The molecule has 0 bridgehead atoms. The first-order valence-electron chi connectivity index (χ1n) is 7.46. The summed E-state index contributed by atoms with van der Waals surface area (Å²) in [5.41, 5.74) is 9.11. The molecule has 0 spiro atoms. The van der Waals surface area contributed by atoms with E-state index in [1.165, 1.54) is 0 Å². The second kappa shape index (κ2) is 5.70. The molecule has 0 saturated heterocycles. The molecule has 0 radical (unpaired) electrons. The van der Waals surface area contributed by atoms with Crippen molar-refractivity contribution in [1.82, 2.24) is 15.0 Å². The maximum absolute atomic E-state index is 14.0. The number of rotatable bonds is 2. The van der Waals surface area contributed by atoms with Crippen LogP contribution in [0.4, 0.5) is 10.2 Å². The second-order valence-corrected chi connectivity index (χ2v) is 5.37. The van der Waals surface area contributed by atoms with Crippen LogP contribution in [0.1, 0.15) is 0 Å². The number of halogens is 1. The molecular formula is C19H13FN4. The van der Waals surface area contributed by atoms with Gasteiger partial charge in [0.05, 0.1) is 16.9 Å². The van der Waals surface area contributed by atoms with E-state index in [9.17, 15) is 4.39 Å². The molecule has 2 N–H and O–H groups in total. The minimum Gasteiger partial charge on any atom is -0.380 e. The first-order chi connectivity index (χ1) is 11.7. The van der Waals surface area contributed by atoms with E-state index in [1.807, 2.05) is 60.7 Å². The fourth-order valence-corrected chi connectivity index (χ4v) is 2.65. The van der Waals surface area contributed by atoms with Crippen LogP contribution in [0, 0.1) is 5.95 Å². The van der Waals surface area contributed by atoms with E-state index in [0.717, 1.165) is 22.0 Å². The van der Waals surface area contributed by atoms with Crippen LogP contribution < -0.4 is 5.73 Å². The summed E-state index contributed by atoms with van der Waals surface area (Å²) in [6, 6.07) is 19.0. The highest BCUT2D eigenvalue weighted by atomic mass is 19.1. The molecule has 5 heteroatoms. The summed E-state index contributed by atoms with van der Waals surface area (Å²) in [6.07, 6.45) is 1.74. The second-order valence-electron chi connectivity index (χ2n) is 5.37. The lowest BCUT2D eigenvalue weighted by Gasteiger charge is -2.10. The Bertz CT molecular complexity index is 1030. The van der Waals surface area contributed by atoms with E-state index < -0.39 is 5.95 Å². The highest BCUT2D eigenvalue weighted by molar-refractivity contribution is 5.87. The summed E-state index contributed by atoms with van der Waals surface area (Å²) in [5, 5.41) is 0.952. The topological polar surface area (TPSA) is 64.7 Å². The molecule has 0 amide bonds. The van der Waals surface area contributed by atoms with Crippen LogP contribution >= 0.6 is 0 Å². The highest BCUT2D eigenvalue weighted by Crippen LogP contribution is 2.31. The molecule has 0 unspecified atom stereocenters. The average Bonchev–Trinajstić information content (AvgIpc) is 2.64. The number of anilines is 1. The van der Waals surface area contributed by atoms with Crippen molar-refractivity contribution in [3.8, 4) is 22.5 Å². The molecular weight excluding hydrogens is 303 g/mol. The van der Waals surface area contributed by atoms with Gasteiger partial charge < -0.3 is 5.73 Å². The van der Waals surface area contributed by atoms with Crippen molar-refractivity contribution in [2.75, 3.05) is 5.73 Å². The van der Waals surface area contributed by atoms with Gasteiger partial charge >= 0.3 is 0 Å². The number of nitrogens with two attached hydrogens (primary N) is 1. The van der Waals surface area contributed by atoms with Crippen LogP contribution in [0.15, 0.2) is 66.9 Å². The standard InChI is InChI=1S/C19H13FN4/c20-18-19(21)24-16(12-5-2-1-3-6-12)17(23-18)14-8-9-15-13(11-14)7-4-10-22-15/h1-11H,(H2,21,24). The lowest BCUT2D eigenvalue weighted by atomic mass is 10.0. The molecule has 4 rings (SSSR count). The van der Waals surface area contributed by atoms with Crippen molar-refractivity contribution >= 4 is 16.7 Å². The van der Waals surface area contributed by atoms with Crippen LogP contribution in [0.2, 0.25) is 0 Å². The van der Waals surface area contributed by atoms with Gasteiger partial charge in [0, 0.05) is 22.7 Å². The van der Waals surface area contributed by atoms with Gasteiger partial charge in [-0.1, -0.05) is 42.5 Å². The summed E-state index contributed by atoms with van der Waals surface area (Å²) in [7, 11) is 0. The monoisotopic (exact) mass is 316 g/mol. The summed E-state index contributed by atoms with van der Waals surface area (Å²) in [4.78, 5) is 12.6. The number of aromatic nitrogens is 3. The van der Waals surface area contributed by atoms with Gasteiger partial charge in [0.1, 0.15) is 0 Å². The molecule has 4 nitrogen and oxygen atoms in total. The van der Waals surface area contributed by atoms with Gasteiger partial charge in [-0.25, -0.2) is 9.97 Å². The number of benzene rings is 2. The molecule has 2 heterocycles. The van der Waals surface area contributed by atoms with Crippen molar-refractivity contribution in [1.29, 1.82) is 0 Å². The van der Waals surface area contributed by atoms with Gasteiger partial charge in [-0.2, -0.15) is 4.39 Å². The number of pyridine rings is 1. The van der Waals surface area contributed by atoms with Crippen LogP contribution in [0.25, 0.3) is 33.4 Å². The summed E-state index contributed by atoms with van der Waals surface area (Å²) >= 11 is 0. The first kappa shape index (κ1) is 14.3. The van der Waals surface area contributed by atoms with Crippen LogP contribution in [0.3, 0.4) is 0 Å². The van der Waals surface area contributed by atoms with Crippen molar-refractivity contribution in [2.24, 2.45) is 0 Å². The Morgan fingerprint density at radius 3 is 2.42 bits per heavy atom. The number of nitrogen functional groups attached to an aromatic ring is 1. The maximum Gasteiger partial charge on any atom is 0.256 e. The number of hydrogen-bond donors (Lipinski definition) is 1. The zero-order valence-electron chi connectivity index (χ0n) is 12.6. The zero-order valence-corrected chi connectivity index (χ0v) is 12.6. The van der Waals surface area contributed by atoms with E-state index in [0.29, 0.717) is 11.4 Å². The molecule has 0 aliphatic heterocycles. The van der Waals surface area contributed by atoms with E-state index in [4.69, 9.17) is 5.73 Å². The molecule has 24 heavy (non-hydrogen) atoms. The minimum absolute atomic E-state index is 0.208. The lowest BCUT2D eigenvalue weighted by Crippen LogP contribution is -2.03. The minimum atomic E-state index is -0.768. The fraction of sp³-hybridized carbons (Fsp3) is 0. The molecule has 116 valence electrons. The van der Waals surface area contributed by atoms with Gasteiger partial charge in [0.25, 0.3) is 5.95 Å². The largest absolute Gasteiger partial charge is 0.380 e. The Kier molecular flexibility index (Phi) is 3.39. The highest BCUT2D eigenvalue weighted by Gasteiger charge is 2.15. The molecule has 0 aliphatic carbocycles. The van der Waals surface area contributed by atoms with E-state index in [-0.39, 0.29) is 5.82 Å². The predicted molar refractivity (Wildman–Crippen MR) is 92.6 cm³/mol. The lowest BCUT2D eigenvalue weighted by molar-refractivity contribution is 0.585. The van der Waals surface area contributed by atoms with Gasteiger partial charge in [-0.3, -0.25) is 4.98 Å². The Hall–Kier alpha value is -3.34. The Labute approximate surface area is 137 Å². The third kappa shape index (κ3) is 2.46. The third-order valence-electron chi connectivity index (χ3n) is 3.80. The smallest absolute Gasteiger partial charge is 0.256 e. The van der Waals surface area contributed by atoms with Crippen molar-refractivity contribution in [3.63, 3.8) is 0 Å². The number of hydrogen-bond acceptors (Lipinski definition) is 4. The van der Waals surface area contributed by atoms with Gasteiger partial charge in [0.15, 0.2) is 5.82 Å². The summed E-state index contributed by atoms with van der Waals surface area (Å²) in [5.74, 6) is -0.976. The zero-order chi connectivity index (χ0) is 16.5. The first-order valence-corrected chi connectivity index (χ1v) is 7.46. The summed E-state index contributed by atoms with van der Waals surface area (Å²) < 4.78 is 14.0.